The van der Waals surface area contributed by atoms with E-state index in [4.69, 9.17) is 6.72 Å². The number of rotatable bonds is 2. The SMILES string of the molecule is [CH-]=NCC[CH2-].[Y]. The van der Waals surface area contributed by atoms with E-state index in [9.17, 15) is 0 Å². The van der Waals surface area contributed by atoms with E-state index < -0.39 is 0 Å². The standard InChI is InChI=1S/C4H7N.Y/c1-3-4-5-2;/h2H,1,3-4H2;/q-2;. The summed E-state index contributed by atoms with van der Waals surface area (Å²) in [5.74, 6) is 0. The summed E-state index contributed by atoms with van der Waals surface area (Å²) in [5, 5.41) is 0. The Bertz CT molecular complexity index is 28.7. The first kappa shape index (κ1) is 9.91. The van der Waals surface area contributed by atoms with Crippen molar-refractivity contribution in [2.75, 3.05) is 6.54 Å². The monoisotopic (exact) mass is 158 g/mol. The molecule has 0 aliphatic heterocycles. The molecule has 1 radical (unpaired) electrons. The maximum atomic E-state index is 4.72. The van der Waals surface area contributed by atoms with Crippen LogP contribution in [0.3, 0.4) is 0 Å². The Balaban J connectivity index is 0. The average molecular weight is 158 g/mol. The van der Waals surface area contributed by atoms with Gasteiger partial charge in [0.25, 0.3) is 0 Å². The summed E-state index contributed by atoms with van der Waals surface area (Å²) in [7, 11) is 0. The predicted molar refractivity (Wildman–Crippen MR) is 23.3 cm³/mol. The Hall–Kier alpha value is 0.774. The Morgan fingerprint density at radius 1 is 1.67 bits per heavy atom. The summed E-state index contributed by atoms with van der Waals surface area (Å²) in [6, 6.07) is 0. The zero-order valence-corrected chi connectivity index (χ0v) is 6.56. The third-order valence-corrected chi connectivity index (χ3v) is 0.287. The first-order chi connectivity index (χ1) is 2.41. The van der Waals surface area contributed by atoms with Crippen molar-refractivity contribution in [3.8, 4) is 0 Å². The van der Waals surface area contributed by atoms with Gasteiger partial charge >= 0.3 is 0 Å². The second kappa shape index (κ2) is 9.24. The molecule has 0 aromatic rings. The minimum Gasteiger partial charge on any atom is -0.508 e. The van der Waals surface area contributed by atoms with E-state index in [1.54, 1.807) is 0 Å². The second-order valence-electron chi connectivity index (χ2n) is 0.760. The van der Waals surface area contributed by atoms with Crippen LogP contribution in [0.25, 0.3) is 0 Å². The van der Waals surface area contributed by atoms with Crippen molar-refractivity contribution in [1.82, 2.24) is 0 Å². The van der Waals surface area contributed by atoms with Crippen LogP contribution in [-0.4, -0.2) is 13.3 Å². The largest absolute Gasteiger partial charge is 0.508 e. The van der Waals surface area contributed by atoms with Gasteiger partial charge in [-0.25, -0.2) is 0 Å². The van der Waals surface area contributed by atoms with E-state index >= 15 is 0 Å². The van der Waals surface area contributed by atoms with Gasteiger partial charge in [-0.05, 0) is 6.54 Å². The fourth-order valence-corrected chi connectivity index (χ4v) is 0.0913. The molecule has 0 aromatic heterocycles. The van der Waals surface area contributed by atoms with E-state index in [-0.39, 0.29) is 32.7 Å². The van der Waals surface area contributed by atoms with Crippen molar-refractivity contribution < 1.29 is 32.7 Å². The molecular weight excluding hydrogens is 151 g/mol. The maximum absolute atomic E-state index is 4.72. The molecule has 0 heterocycles. The van der Waals surface area contributed by atoms with Gasteiger partial charge < -0.3 is 18.6 Å². The first-order valence-corrected chi connectivity index (χ1v) is 1.57. The molecule has 0 saturated heterocycles. The minimum absolute atomic E-state index is 0. The molecule has 0 spiro atoms. The van der Waals surface area contributed by atoms with Gasteiger partial charge in [0.15, 0.2) is 0 Å². The fourth-order valence-electron chi connectivity index (χ4n) is 0.0913. The van der Waals surface area contributed by atoms with Crippen LogP contribution in [0.2, 0.25) is 0 Å². The molecule has 0 aliphatic carbocycles. The molecule has 0 rings (SSSR count). The smallest absolute Gasteiger partial charge is 0 e. The number of hydrogen-bond acceptors (Lipinski definition) is 1. The van der Waals surface area contributed by atoms with Crippen LogP contribution in [0.15, 0.2) is 4.99 Å². The van der Waals surface area contributed by atoms with Crippen LogP contribution in [0.1, 0.15) is 6.42 Å². The molecule has 0 N–H and O–H groups in total. The molecule has 0 unspecified atom stereocenters. The van der Waals surface area contributed by atoms with Crippen molar-refractivity contribution in [2.45, 2.75) is 6.42 Å². The van der Waals surface area contributed by atoms with Gasteiger partial charge in [-0.3, -0.25) is 0 Å². The molecule has 33 valence electrons. The van der Waals surface area contributed by atoms with E-state index in [2.05, 4.69) is 11.9 Å². The van der Waals surface area contributed by atoms with E-state index in [0.29, 0.717) is 6.54 Å². The third kappa shape index (κ3) is 8.84. The van der Waals surface area contributed by atoms with Crippen LogP contribution in [0, 0.1) is 6.92 Å². The summed E-state index contributed by atoms with van der Waals surface area (Å²) in [6.45, 7) is 8.91. The van der Waals surface area contributed by atoms with Gasteiger partial charge in [-0.15, -0.1) is 0 Å². The Labute approximate surface area is 64.1 Å². The molecule has 0 fully saturated rings. The van der Waals surface area contributed by atoms with Crippen molar-refractivity contribution in [3.05, 3.63) is 6.92 Å². The van der Waals surface area contributed by atoms with Gasteiger partial charge in [0.1, 0.15) is 0 Å². The van der Waals surface area contributed by atoms with Crippen molar-refractivity contribution >= 4 is 6.72 Å². The van der Waals surface area contributed by atoms with Crippen molar-refractivity contribution in [2.24, 2.45) is 4.99 Å². The predicted octanol–water partition coefficient (Wildman–Crippen LogP) is 0.786. The second-order valence-corrected chi connectivity index (χ2v) is 0.760. The Kier molecular flexibility index (Phi) is 15.3. The van der Waals surface area contributed by atoms with Gasteiger partial charge in [0, 0.05) is 32.7 Å². The first-order valence-electron chi connectivity index (χ1n) is 1.57. The van der Waals surface area contributed by atoms with E-state index in [0.717, 1.165) is 6.42 Å². The van der Waals surface area contributed by atoms with Gasteiger partial charge in [-0.1, -0.05) is 0 Å². The minimum atomic E-state index is 0. The third-order valence-electron chi connectivity index (χ3n) is 0.287. The van der Waals surface area contributed by atoms with E-state index in [1.165, 1.54) is 0 Å². The average Bonchev–Trinajstić information content (AvgIpc) is 1.41. The molecule has 6 heavy (non-hydrogen) atoms. The van der Waals surface area contributed by atoms with Gasteiger partial charge in [0.2, 0.25) is 0 Å². The zero-order valence-electron chi connectivity index (χ0n) is 3.72. The number of hydrogen-bond donors (Lipinski definition) is 0. The van der Waals surface area contributed by atoms with Crippen molar-refractivity contribution in [3.63, 3.8) is 0 Å². The molecule has 0 atom stereocenters. The van der Waals surface area contributed by atoms with Gasteiger partial charge in [-0.2, -0.15) is 6.42 Å². The normalized spacial score (nSPS) is 6.17. The molecule has 0 aromatic carbocycles. The summed E-state index contributed by atoms with van der Waals surface area (Å²) in [4.78, 5) is 3.29. The van der Waals surface area contributed by atoms with Gasteiger partial charge in [0.05, 0.1) is 0 Å². The topological polar surface area (TPSA) is 12.4 Å². The van der Waals surface area contributed by atoms with Crippen LogP contribution in [0.4, 0.5) is 0 Å². The Morgan fingerprint density at radius 2 is 2.17 bits per heavy atom. The van der Waals surface area contributed by atoms with Crippen molar-refractivity contribution in [1.29, 1.82) is 0 Å². The summed E-state index contributed by atoms with van der Waals surface area (Å²) < 4.78 is 0. The number of aliphatic imine (C=N–C) groups is 1. The molecule has 0 amide bonds. The van der Waals surface area contributed by atoms with Crippen LogP contribution >= 0.6 is 0 Å². The fraction of sp³-hybridized carbons (Fsp3) is 0.500. The summed E-state index contributed by atoms with van der Waals surface area (Å²) in [5.41, 5.74) is 0. The van der Waals surface area contributed by atoms with Crippen LogP contribution < -0.4 is 0 Å². The number of nitrogens with zero attached hydrogens (tertiary/aromatic N) is 1. The zero-order chi connectivity index (χ0) is 4.12. The quantitative estimate of drug-likeness (QED) is 0.416. The summed E-state index contributed by atoms with van der Waals surface area (Å²) >= 11 is 0. The van der Waals surface area contributed by atoms with Crippen LogP contribution in [-0.2, 0) is 32.7 Å². The molecule has 0 bridgehead atoms. The molecule has 1 nitrogen and oxygen atoms in total. The van der Waals surface area contributed by atoms with Crippen LogP contribution in [0.5, 0.6) is 0 Å². The van der Waals surface area contributed by atoms with E-state index in [1.807, 2.05) is 0 Å². The molecule has 0 saturated carbocycles. The molecule has 0 aliphatic rings. The maximum Gasteiger partial charge on any atom is 0 e. The summed E-state index contributed by atoms with van der Waals surface area (Å²) in [6.07, 6.45) is 0.802. The Morgan fingerprint density at radius 3 is 2.17 bits per heavy atom. The molecule has 2 heteroatoms. The molecular formula is C4H7NY-2.